The van der Waals surface area contributed by atoms with Crippen molar-refractivity contribution in [2.75, 3.05) is 0 Å². The summed E-state index contributed by atoms with van der Waals surface area (Å²) in [5.41, 5.74) is 3.51. The minimum atomic E-state index is -0.105. The molecule has 0 aliphatic carbocycles. The standard InChI is InChI=1S/C13H11Br2ClS/c1-7-4-3-5-9(12(7)15)13(16)10-6-11(14)17-8(10)2/h3-6,13H,1-2H3. The first kappa shape index (κ1) is 13.6. The number of halogens is 3. The van der Waals surface area contributed by atoms with Crippen molar-refractivity contribution in [2.24, 2.45) is 0 Å². The smallest absolute Gasteiger partial charge is 0.0857 e. The molecule has 17 heavy (non-hydrogen) atoms. The van der Waals surface area contributed by atoms with Gasteiger partial charge in [0.2, 0.25) is 0 Å². The Hall–Kier alpha value is 0.170. The summed E-state index contributed by atoms with van der Waals surface area (Å²) < 4.78 is 2.22. The normalized spacial score (nSPS) is 12.8. The predicted molar refractivity (Wildman–Crippen MR) is 83.3 cm³/mol. The SMILES string of the molecule is Cc1cccc(C(Cl)c2cc(Br)sc2C)c1Br. The zero-order valence-electron chi connectivity index (χ0n) is 9.43. The van der Waals surface area contributed by atoms with Gasteiger partial charge in [-0.2, -0.15) is 0 Å². The first-order valence-electron chi connectivity index (χ1n) is 5.15. The number of hydrogen-bond donors (Lipinski definition) is 0. The van der Waals surface area contributed by atoms with E-state index >= 15 is 0 Å². The van der Waals surface area contributed by atoms with Gasteiger partial charge in [-0.15, -0.1) is 22.9 Å². The molecule has 0 bridgehead atoms. The Bertz CT molecular complexity index is 548. The van der Waals surface area contributed by atoms with Gasteiger partial charge in [-0.25, -0.2) is 0 Å². The number of aryl methyl sites for hydroxylation is 2. The van der Waals surface area contributed by atoms with Gasteiger partial charge in [0.25, 0.3) is 0 Å². The van der Waals surface area contributed by atoms with Crippen LogP contribution in [0.1, 0.15) is 26.9 Å². The lowest BCUT2D eigenvalue weighted by Gasteiger charge is -2.13. The van der Waals surface area contributed by atoms with Crippen molar-refractivity contribution in [3.05, 3.63) is 54.1 Å². The quantitative estimate of drug-likeness (QED) is 0.531. The number of hydrogen-bond acceptors (Lipinski definition) is 1. The fourth-order valence-corrected chi connectivity index (χ4v) is 4.59. The summed E-state index contributed by atoms with van der Waals surface area (Å²) in [7, 11) is 0. The zero-order valence-corrected chi connectivity index (χ0v) is 14.2. The zero-order chi connectivity index (χ0) is 12.6. The molecule has 4 heteroatoms. The van der Waals surface area contributed by atoms with Gasteiger partial charge in [-0.1, -0.05) is 34.1 Å². The Morgan fingerprint density at radius 1 is 1.18 bits per heavy atom. The maximum Gasteiger partial charge on any atom is 0.0857 e. The van der Waals surface area contributed by atoms with Gasteiger partial charge in [-0.3, -0.25) is 0 Å². The summed E-state index contributed by atoms with van der Waals surface area (Å²) >= 11 is 15.4. The van der Waals surface area contributed by atoms with Crippen LogP contribution in [0.4, 0.5) is 0 Å². The molecule has 0 N–H and O–H groups in total. The van der Waals surface area contributed by atoms with E-state index in [-0.39, 0.29) is 5.38 Å². The lowest BCUT2D eigenvalue weighted by atomic mass is 10.0. The molecular weight excluding hydrogens is 383 g/mol. The van der Waals surface area contributed by atoms with E-state index in [0.717, 1.165) is 13.8 Å². The molecule has 0 nitrogen and oxygen atoms in total. The second kappa shape index (κ2) is 5.43. The van der Waals surface area contributed by atoms with Gasteiger partial charge < -0.3 is 0 Å². The molecule has 0 radical (unpaired) electrons. The molecule has 0 fully saturated rings. The minimum absolute atomic E-state index is 0.105. The van der Waals surface area contributed by atoms with Crippen LogP contribution in [-0.2, 0) is 0 Å². The third-order valence-electron chi connectivity index (χ3n) is 2.69. The van der Waals surface area contributed by atoms with Crippen molar-refractivity contribution in [2.45, 2.75) is 19.2 Å². The topological polar surface area (TPSA) is 0 Å². The molecule has 0 amide bonds. The lowest BCUT2D eigenvalue weighted by Crippen LogP contribution is -1.95. The maximum atomic E-state index is 6.58. The van der Waals surface area contributed by atoms with Crippen molar-refractivity contribution in [1.29, 1.82) is 0 Å². The highest BCUT2D eigenvalue weighted by atomic mass is 79.9. The summed E-state index contributed by atoms with van der Waals surface area (Å²) in [5, 5.41) is -0.105. The molecule has 0 saturated carbocycles. The van der Waals surface area contributed by atoms with Crippen molar-refractivity contribution in [3.8, 4) is 0 Å². The van der Waals surface area contributed by atoms with Crippen molar-refractivity contribution in [1.82, 2.24) is 0 Å². The molecule has 2 aromatic rings. The summed E-state index contributed by atoms with van der Waals surface area (Å²) in [4.78, 5) is 1.25. The third kappa shape index (κ3) is 2.78. The number of rotatable bonds is 2. The van der Waals surface area contributed by atoms with Crippen LogP contribution < -0.4 is 0 Å². The van der Waals surface area contributed by atoms with Gasteiger partial charge >= 0.3 is 0 Å². The van der Waals surface area contributed by atoms with E-state index in [4.69, 9.17) is 11.6 Å². The van der Waals surface area contributed by atoms with E-state index in [0.29, 0.717) is 0 Å². The summed E-state index contributed by atoms with van der Waals surface area (Å²) in [6, 6.07) is 8.29. The molecule has 1 heterocycles. The van der Waals surface area contributed by atoms with E-state index in [2.05, 4.69) is 63.9 Å². The maximum absolute atomic E-state index is 6.58. The molecular formula is C13H11Br2ClS. The van der Waals surface area contributed by atoms with Gasteiger partial charge in [0, 0.05) is 9.35 Å². The summed E-state index contributed by atoms with van der Waals surface area (Å²) in [6.45, 7) is 4.18. The van der Waals surface area contributed by atoms with Gasteiger partial charge in [0.05, 0.1) is 9.16 Å². The molecule has 0 saturated heterocycles. The van der Waals surface area contributed by atoms with E-state index in [1.54, 1.807) is 11.3 Å². The molecule has 1 aromatic heterocycles. The van der Waals surface area contributed by atoms with Crippen LogP contribution in [0.25, 0.3) is 0 Å². The van der Waals surface area contributed by atoms with Crippen LogP contribution in [0.15, 0.2) is 32.5 Å². The fourth-order valence-electron chi connectivity index (χ4n) is 1.74. The average Bonchev–Trinajstić information content (AvgIpc) is 2.61. The van der Waals surface area contributed by atoms with Crippen molar-refractivity contribution < 1.29 is 0 Å². The molecule has 1 aromatic carbocycles. The summed E-state index contributed by atoms with van der Waals surface area (Å²) in [5.74, 6) is 0. The Labute approximate surface area is 127 Å². The Morgan fingerprint density at radius 3 is 2.47 bits per heavy atom. The molecule has 1 unspecified atom stereocenters. The van der Waals surface area contributed by atoms with E-state index in [9.17, 15) is 0 Å². The Kier molecular flexibility index (Phi) is 4.35. The fraction of sp³-hybridized carbons (Fsp3) is 0.231. The monoisotopic (exact) mass is 392 g/mol. The number of thiophene rings is 1. The van der Waals surface area contributed by atoms with E-state index in [1.165, 1.54) is 16.0 Å². The first-order chi connectivity index (χ1) is 8.00. The largest absolute Gasteiger partial charge is 0.133 e. The van der Waals surface area contributed by atoms with Crippen LogP contribution in [0.3, 0.4) is 0 Å². The highest BCUT2D eigenvalue weighted by Crippen LogP contribution is 2.40. The van der Waals surface area contributed by atoms with E-state index in [1.807, 2.05) is 6.07 Å². The Balaban J connectivity index is 2.47. The second-order valence-corrected chi connectivity index (χ2v) is 7.77. The predicted octanol–water partition coefficient (Wildman–Crippen LogP) is 6.22. The van der Waals surface area contributed by atoms with E-state index < -0.39 is 0 Å². The first-order valence-corrected chi connectivity index (χ1v) is 7.99. The third-order valence-corrected chi connectivity index (χ3v) is 5.82. The molecule has 0 aliphatic rings. The van der Waals surface area contributed by atoms with Gasteiger partial charge in [0.1, 0.15) is 0 Å². The molecule has 1 atom stereocenters. The van der Waals surface area contributed by atoms with Crippen molar-refractivity contribution in [3.63, 3.8) is 0 Å². The van der Waals surface area contributed by atoms with Crippen LogP contribution >= 0.6 is 54.8 Å². The minimum Gasteiger partial charge on any atom is -0.133 e. The second-order valence-electron chi connectivity index (χ2n) is 3.90. The average molecular weight is 395 g/mol. The van der Waals surface area contributed by atoms with Crippen LogP contribution in [0.2, 0.25) is 0 Å². The van der Waals surface area contributed by atoms with Gasteiger partial charge in [-0.05, 0) is 52.5 Å². The molecule has 0 spiro atoms. The lowest BCUT2D eigenvalue weighted by molar-refractivity contribution is 1.11. The highest BCUT2D eigenvalue weighted by Gasteiger charge is 2.18. The van der Waals surface area contributed by atoms with Gasteiger partial charge in [0.15, 0.2) is 0 Å². The molecule has 2 rings (SSSR count). The van der Waals surface area contributed by atoms with Crippen LogP contribution in [0.5, 0.6) is 0 Å². The molecule has 0 aliphatic heterocycles. The van der Waals surface area contributed by atoms with Crippen molar-refractivity contribution >= 4 is 54.8 Å². The Morgan fingerprint density at radius 2 is 1.88 bits per heavy atom. The number of benzene rings is 1. The highest BCUT2D eigenvalue weighted by molar-refractivity contribution is 9.11. The van der Waals surface area contributed by atoms with Crippen LogP contribution in [-0.4, -0.2) is 0 Å². The summed E-state index contributed by atoms with van der Waals surface area (Å²) in [6.07, 6.45) is 0. The van der Waals surface area contributed by atoms with Crippen LogP contribution in [0, 0.1) is 13.8 Å². The molecule has 90 valence electrons. The number of alkyl halides is 1.